The Kier molecular flexibility index (Phi) is 4.17. The van der Waals surface area contributed by atoms with Gasteiger partial charge in [-0.3, -0.25) is 4.79 Å². The lowest BCUT2D eigenvalue weighted by Gasteiger charge is -2.07. The molecule has 0 aliphatic rings. The molecule has 1 heterocycles. The van der Waals surface area contributed by atoms with Crippen LogP contribution >= 0.6 is 11.3 Å². The number of benzene rings is 1. The first-order valence-corrected chi connectivity index (χ1v) is 7.98. The molecule has 0 bridgehead atoms. The average molecular weight is 314 g/mol. The van der Waals surface area contributed by atoms with Gasteiger partial charge in [0.1, 0.15) is 5.82 Å². The predicted molar refractivity (Wildman–Crippen MR) is 74.4 cm³/mol. The number of anilines is 1. The smallest absolute Gasteiger partial charge is 0.238 e. The number of nitrogens with two attached hydrogens (primary N) is 1. The molecule has 20 heavy (non-hydrogen) atoms. The number of primary sulfonamides is 1. The van der Waals surface area contributed by atoms with Crippen LogP contribution in [-0.2, 0) is 21.2 Å². The summed E-state index contributed by atoms with van der Waals surface area (Å²) in [6.45, 7) is 0. The lowest BCUT2D eigenvalue weighted by molar-refractivity contribution is -0.115. The molecule has 0 unspecified atom stereocenters. The summed E-state index contributed by atoms with van der Waals surface area (Å²) in [5.41, 5.74) is 0.879. The van der Waals surface area contributed by atoms with Crippen molar-refractivity contribution >= 4 is 33.0 Å². The quantitative estimate of drug-likeness (QED) is 0.900. The van der Waals surface area contributed by atoms with Crippen molar-refractivity contribution in [3.05, 3.63) is 46.4 Å². The van der Waals surface area contributed by atoms with Crippen molar-refractivity contribution in [2.75, 3.05) is 5.32 Å². The van der Waals surface area contributed by atoms with Gasteiger partial charge in [-0.25, -0.2) is 17.9 Å². The van der Waals surface area contributed by atoms with Gasteiger partial charge in [-0.15, -0.1) is 0 Å². The second kappa shape index (κ2) is 5.70. The van der Waals surface area contributed by atoms with E-state index in [4.69, 9.17) is 5.14 Å². The molecule has 8 heteroatoms. The molecule has 0 spiro atoms. The number of halogens is 1. The van der Waals surface area contributed by atoms with E-state index in [1.165, 1.54) is 11.3 Å². The number of nitrogens with one attached hydrogen (secondary N) is 1. The van der Waals surface area contributed by atoms with Crippen LogP contribution < -0.4 is 10.5 Å². The molecule has 0 aliphatic heterocycles. The average Bonchev–Trinajstić information content (AvgIpc) is 2.79. The molecule has 2 rings (SSSR count). The summed E-state index contributed by atoms with van der Waals surface area (Å²) in [6.07, 6.45) is 0.130. The number of sulfonamides is 1. The fourth-order valence-corrected chi connectivity index (χ4v) is 2.82. The molecule has 1 amide bonds. The van der Waals surface area contributed by atoms with E-state index in [1.807, 2.05) is 10.8 Å². The number of carbonyl (C=O) groups is 1. The highest BCUT2D eigenvalue weighted by Crippen LogP contribution is 2.17. The van der Waals surface area contributed by atoms with Crippen LogP contribution in [0.1, 0.15) is 5.56 Å². The van der Waals surface area contributed by atoms with E-state index in [0.29, 0.717) is 0 Å². The fourth-order valence-electron chi connectivity index (χ4n) is 1.58. The van der Waals surface area contributed by atoms with Gasteiger partial charge in [0.25, 0.3) is 0 Å². The zero-order valence-corrected chi connectivity index (χ0v) is 11.8. The topological polar surface area (TPSA) is 89.3 Å². The highest BCUT2D eigenvalue weighted by Gasteiger charge is 2.12. The molecule has 0 radical (unpaired) electrons. The maximum absolute atomic E-state index is 13.3. The molecule has 5 nitrogen and oxygen atoms in total. The Labute approximate surface area is 119 Å². The van der Waals surface area contributed by atoms with Crippen LogP contribution in [0.2, 0.25) is 0 Å². The van der Waals surface area contributed by atoms with E-state index < -0.39 is 15.8 Å². The number of hydrogen-bond donors (Lipinski definition) is 2. The molecular weight excluding hydrogens is 303 g/mol. The third-order valence-corrected chi connectivity index (χ3v) is 4.05. The van der Waals surface area contributed by atoms with Crippen LogP contribution in [0.4, 0.5) is 10.1 Å². The Morgan fingerprint density at radius 1 is 1.35 bits per heavy atom. The van der Waals surface area contributed by atoms with Crippen molar-refractivity contribution in [3.8, 4) is 0 Å². The normalized spacial score (nSPS) is 11.3. The first-order chi connectivity index (χ1) is 9.34. The Morgan fingerprint density at radius 2 is 2.10 bits per heavy atom. The van der Waals surface area contributed by atoms with Crippen molar-refractivity contribution in [1.29, 1.82) is 0 Å². The van der Waals surface area contributed by atoms with Gasteiger partial charge in [0, 0.05) is 5.69 Å². The molecule has 1 aromatic heterocycles. The summed E-state index contributed by atoms with van der Waals surface area (Å²) in [5.74, 6) is -1.16. The third-order valence-electron chi connectivity index (χ3n) is 2.43. The van der Waals surface area contributed by atoms with Gasteiger partial charge in [-0.1, -0.05) is 0 Å². The van der Waals surface area contributed by atoms with Crippen molar-refractivity contribution in [1.82, 2.24) is 0 Å². The molecule has 0 aliphatic carbocycles. The Hall–Kier alpha value is -1.77. The van der Waals surface area contributed by atoms with Gasteiger partial charge < -0.3 is 5.32 Å². The standard InChI is InChI=1S/C12H11FN2O3S2/c13-9-4-10(6-11(5-9)20(14,17)18)15-12(16)3-8-1-2-19-7-8/h1-2,4-7H,3H2,(H,15,16)(H2,14,17,18). The number of amides is 1. The van der Waals surface area contributed by atoms with E-state index in [1.54, 1.807) is 6.07 Å². The van der Waals surface area contributed by atoms with Crippen molar-refractivity contribution in [2.45, 2.75) is 11.3 Å². The summed E-state index contributed by atoms with van der Waals surface area (Å²) in [4.78, 5) is 11.4. The lowest BCUT2D eigenvalue weighted by atomic mass is 10.2. The lowest BCUT2D eigenvalue weighted by Crippen LogP contribution is -2.16. The molecule has 0 fully saturated rings. The third kappa shape index (κ3) is 3.86. The molecule has 0 saturated heterocycles. The predicted octanol–water partition coefficient (Wildman–Crippen LogP) is 1.72. The van der Waals surface area contributed by atoms with Gasteiger partial charge >= 0.3 is 0 Å². The second-order valence-corrected chi connectivity index (χ2v) is 6.42. The summed E-state index contributed by atoms with van der Waals surface area (Å²) in [5, 5.41) is 11.0. The van der Waals surface area contributed by atoms with Crippen molar-refractivity contribution in [2.24, 2.45) is 5.14 Å². The van der Waals surface area contributed by atoms with Crippen LogP contribution in [0, 0.1) is 5.82 Å². The molecule has 106 valence electrons. The highest BCUT2D eigenvalue weighted by molar-refractivity contribution is 7.89. The molecule has 1 aromatic carbocycles. The number of carbonyl (C=O) groups excluding carboxylic acids is 1. The van der Waals surface area contributed by atoms with Crippen molar-refractivity contribution < 1.29 is 17.6 Å². The molecular formula is C12H11FN2O3S2. The Bertz CT molecular complexity index is 727. The molecule has 0 saturated carbocycles. The van der Waals surface area contributed by atoms with Gasteiger partial charge in [0.15, 0.2) is 0 Å². The Morgan fingerprint density at radius 3 is 2.70 bits per heavy atom. The van der Waals surface area contributed by atoms with Crippen LogP contribution in [0.15, 0.2) is 39.9 Å². The zero-order valence-electron chi connectivity index (χ0n) is 10.2. The molecule has 2 aromatic rings. The SMILES string of the molecule is NS(=O)(=O)c1cc(F)cc(NC(=O)Cc2ccsc2)c1. The van der Waals surface area contributed by atoms with E-state index in [9.17, 15) is 17.6 Å². The number of rotatable bonds is 4. The number of thiophene rings is 1. The minimum Gasteiger partial charge on any atom is -0.326 e. The summed E-state index contributed by atoms with van der Waals surface area (Å²) in [7, 11) is -4.02. The minimum atomic E-state index is -4.02. The van der Waals surface area contributed by atoms with Crippen LogP contribution in [0.3, 0.4) is 0 Å². The highest BCUT2D eigenvalue weighted by atomic mass is 32.2. The first-order valence-electron chi connectivity index (χ1n) is 5.49. The summed E-state index contributed by atoms with van der Waals surface area (Å²) < 4.78 is 35.7. The maximum atomic E-state index is 13.3. The first kappa shape index (κ1) is 14.6. The largest absolute Gasteiger partial charge is 0.326 e. The summed E-state index contributed by atoms with van der Waals surface area (Å²) in [6, 6.07) is 4.74. The van der Waals surface area contributed by atoms with Gasteiger partial charge in [0.2, 0.25) is 15.9 Å². The fraction of sp³-hybridized carbons (Fsp3) is 0.0833. The van der Waals surface area contributed by atoms with Gasteiger partial charge in [0.05, 0.1) is 11.3 Å². The van der Waals surface area contributed by atoms with Crippen LogP contribution in [-0.4, -0.2) is 14.3 Å². The second-order valence-electron chi connectivity index (χ2n) is 4.08. The monoisotopic (exact) mass is 314 g/mol. The zero-order chi connectivity index (χ0) is 14.8. The van der Waals surface area contributed by atoms with Crippen LogP contribution in [0.5, 0.6) is 0 Å². The van der Waals surface area contributed by atoms with E-state index in [-0.39, 0.29) is 22.9 Å². The van der Waals surface area contributed by atoms with Gasteiger partial charge in [-0.2, -0.15) is 11.3 Å². The minimum absolute atomic E-state index is 0.0502. The van der Waals surface area contributed by atoms with Crippen LogP contribution in [0.25, 0.3) is 0 Å². The summed E-state index contributed by atoms with van der Waals surface area (Å²) >= 11 is 1.46. The van der Waals surface area contributed by atoms with Gasteiger partial charge in [-0.05, 0) is 40.6 Å². The Balaban J connectivity index is 2.17. The number of hydrogen-bond acceptors (Lipinski definition) is 4. The molecule has 0 atom stereocenters. The maximum Gasteiger partial charge on any atom is 0.238 e. The van der Waals surface area contributed by atoms with E-state index in [2.05, 4.69) is 5.32 Å². The van der Waals surface area contributed by atoms with E-state index in [0.717, 1.165) is 23.8 Å². The van der Waals surface area contributed by atoms with Crippen molar-refractivity contribution in [3.63, 3.8) is 0 Å². The van der Waals surface area contributed by atoms with E-state index >= 15 is 0 Å². The molecule has 3 N–H and O–H groups in total.